The van der Waals surface area contributed by atoms with Gasteiger partial charge in [-0.2, -0.15) is 5.26 Å². The molecule has 164 valence electrons. The maximum absolute atomic E-state index is 12.8. The van der Waals surface area contributed by atoms with Gasteiger partial charge in [0.2, 0.25) is 11.8 Å². The number of nitriles is 1. The molecule has 4 rings (SSSR count). The van der Waals surface area contributed by atoms with Gasteiger partial charge in [0.05, 0.1) is 34.6 Å². The van der Waals surface area contributed by atoms with E-state index in [1.165, 1.54) is 24.4 Å². The summed E-state index contributed by atoms with van der Waals surface area (Å²) in [6, 6.07) is 15.6. The second kappa shape index (κ2) is 9.68. The number of nitrogens with zero attached hydrogens (tertiary/aromatic N) is 2. The molecule has 6 nitrogen and oxygen atoms in total. The van der Waals surface area contributed by atoms with Crippen molar-refractivity contribution in [3.8, 4) is 11.8 Å². The molecule has 1 N–H and O–H groups in total. The topological polar surface area (TPSA) is 82.4 Å². The number of halogens is 1. The van der Waals surface area contributed by atoms with Gasteiger partial charge in [-0.25, -0.2) is 0 Å². The molecule has 2 aromatic rings. The van der Waals surface area contributed by atoms with Crippen molar-refractivity contribution in [2.75, 3.05) is 19.4 Å². The van der Waals surface area contributed by atoms with Gasteiger partial charge in [-0.15, -0.1) is 0 Å². The Morgan fingerprint density at radius 3 is 2.81 bits per heavy atom. The number of carbonyl (C=O) groups excluding carboxylic acids is 2. The van der Waals surface area contributed by atoms with Crippen LogP contribution in [0.15, 0.2) is 53.1 Å². The van der Waals surface area contributed by atoms with Crippen molar-refractivity contribution >= 4 is 35.2 Å². The molecule has 8 heteroatoms. The Morgan fingerprint density at radius 2 is 2.09 bits per heavy atom. The fraction of sp³-hybridized carbons (Fsp3) is 0.292. The molecule has 0 saturated carbocycles. The lowest BCUT2D eigenvalue weighted by Crippen LogP contribution is -2.37. The number of carbonyl (C=O) groups is 2. The monoisotopic (exact) mass is 467 g/mol. The van der Waals surface area contributed by atoms with Gasteiger partial charge in [0.25, 0.3) is 0 Å². The summed E-state index contributed by atoms with van der Waals surface area (Å²) in [7, 11) is 1.53. The molecule has 32 heavy (non-hydrogen) atoms. The predicted molar refractivity (Wildman–Crippen MR) is 124 cm³/mol. The predicted octanol–water partition coefficient (Wildman–Crippen LogP) is 4.01. The van der Waals surface area contributed by atoms with Gasteiger partial charge in [-0.3, -0.25) is 9.59 Å². The van der Waals surface area contributed by atoms with Crippen LogP contribution >= 0.6 is 23.4 Å². The van der Waals surface area contributed by atoms with Crippen molar-refractivity contribution in [2.45, 2.75) is 25.3 Å². The van der Waals surface area contributed by atoms with Crippen molar-refractivity contribution in [1.82, 2.24) is 10.2 Å². The van der Waals surface area contributed by atoms with E-state index in [1.54, 1.807) is 12.1 Å². The highest BCUT2D eigenvalue weighted by Crippen LogP contribution is 2.38. The molecule has 2 aliphatic rings. The first kappa shape index (κ1) is 22.3. The minimum absolute atomic E-state index is 0.0156. The number of ether oxygens (including phenoxy) is 1. The van der Waals surface area contributed by atoms with Crippen LogP contribution in [0, 0.1) is 11.3 Å². The van der Waals surface area contributed by atoms with Crippen molar-refractivity contribution in [3.05, 3.63) is 74.8 Å². The van der Waals surface area contributed by atoms with Gasteiger partial charge in [-0.1, -0.05) is 53.7 Å². The molecule has 0 aromatic heterocycles. The maximum Gasteiger partial charge on any atom is 0.233 e. The highest BCUT2D eigenvalue weighted by Gasteiger charge is 2.31. The largest absolute Gasteiger partial charge is 0.495 e. The second-order valence-corrected chi connectivity index (χ2v) is 9.07. The number of benzene rings is 2. The lowest BCUT2D eigenvalue weighted by atomic mass is 9.87. The van der Waals surface area contributed by atoms with Gasteiger partial charge in [0, 0.05) is 25.4 Å². The smallest absolute Gasteiger partial charge is 0.233 e. The molecule has 0 unspecified atom stereocenters. The second-order valence-electron chi connectivity index (χ2n) is 7.68. The quantitative estimate of drug-likeness (QED) is 0.718. The number of methoxy groups -OCH3 is 1. The third-order valence-electron chi connectivity index (χ3n) is 5.76. The first-order valence-electron chi connectivity index (χ1n) is 10.2. The summed E-state index contributed by atoms with van der Waals surface area (Å²) in [5.74, 6) is 0.0537. The van der Waals surface area contributed by atoms with Crippen LogP contribution in [0.1, 0.15) is 29.0 Å². The maximum atomic E-state index is 12.8. The van der Waals surface area contributed by atoms with Gasteiger partial charge in [-0.05, 0) is 35.2 Å². The summed E-state index contributed by atoms with van der Waals surface area (Å²) in [6.45, 7) is 1.25. The van der Waals surface area contributed by atoms with Crippen molar-refractivity contribution < 1.29 is 14.3 Å². The minimum atomic E-state index is -0.420. The summed E-state index contributed by atoms with van der Waals surface area (Å²) >= 11 is 7.46. The fourth-order valence-corrected chi connectivity index (χ4v) is 5.30. The Bertz CT molecular complexity index is 1140. The molecule has 0 saturated heterocycles. The van der Waals surface area contributed by atoms with Gasteiger partial charge >= 0.3 is 0 Å². The molecule has 0 aliphatic carbocycles. The van der Waals surface area contributed by atoms with Gasteiger partial charge in [0.1, 0.15) is 5.75 Å². The Kier molecular flexibility index (Phi) is 6.73. The van der Waals surface area contributed by atoms with E-state index in [0.29, 0.717) is 34.5 Å². The van der Waals surface area contributed by atoms with E-state index in [2.05, 4.69) is 17.5 Å². The molecule has 2 heterocycles. The Hall–Kier alpha value is -2.95. The highest BCUT2D eigenvalue weighted by atomic mass is 35.5. The van der Waals surface area contributed by atoms with E-state index < -0.39 is 5.92 Å². The van der Waals surface area contributed by atoms with E-state index in [4.69, 9.17) is 16.3 Å². The molecule has 1 atom stereocenters. The lowest BCUT2D eigenvalue weighted by Gasteiger charge is -2.29. The summed E-state index contributed by atoms with van der Waals surface area (Å²) in [5, 5.41) is 13.5. The molecule has 0 radical (unpaired) electrons. The fourth-order valence-electron chi connectivity index (χ4n) is 4.05. The first-order chi connectivity index (χ1) is 15.5. The average molecular weight is 468 g/mol. The number of hydrogen-bond donors (Lipinski definition) is 1. The number of amides is 2. The van der Waals surface area contributed by atoms with Crippen LogP contribution in [0.5, 0.6) is 5.75 Å². The Balaban J connectivity index is 1.50. The third-order valence-corrected chi connectivity index (χ3v) is 7.05. The normalized spacial score (nSPS) is 18.0. The molecular weight excluding hydrogens is 446 g/mol. The Morgan fingerprint density at radius 1 is 1.31 bits per heavy atom. The van der Waals surface area contributed by atoms with Crippen molar-refractivity contribution in [1.29, 1.82) is 5.26 Å². The number of nitrogens with one attached hydrogen (secondary N) is 1. The lowest BCUT2D eigenvalue weighted by molar-refractivity contribution is -0.129. The molecule has 2 aromatic carbocycles. The van der Waals surface area contributed by atoms with Crippen LogP contribution in [0.4, 0.5) is 0 Å². The Labute approximate surface area is 196 Å². The summed E-state index contributed by atoms with van der Waals surface area (Å²) in [5.41, 5.74) is 3.64. The highest BCUT2D eigenvalue weighted by molar-refractivity contribution is 8.03. The first-order valence-corrected chi connectivity index (χ1v) is 11.6. The average Bonchev–Trinajstić information content (AvgIpc) is 2.81. The zero-order valence-electron chi connectivity index (χ0n) is 17.6. The molecule has 2 amide bonds. The summed E-state index contributed by atoms with van der Waals surface area (Å²) < 4.78 is 5.19. The number of thioether (sulfide) groups is 1. The summed E-state index contributed by atoms with van der Waals surface area (Å²) in [4.78, 5) is 27.1. The molecule has 2 aliphatic heterocycles. The molecular formula is C24H22ClN3O3S. The number of allylic oxidation sites excluding steroid dienone is 1. The van der Waals surface area contributed by atoms with E-state index in [1.807, 2.05) is 29.2 Å². The SMILES string of the molecule is COc1ccc([C@H]2CC(=O)NC(SCC(=O)N3CCc4ccccc4C3)=C2C#N)cc1Cl. The third kappa shape index (κ3) is 4.62. The summed E-state index contributed by atoms with van der Waals surface area (Å²) in [6.07, 6.45) is 0.974. The number of fused-ring (bicyclic) bond motifs is 1. The minimum Gasteiger partial charge on any atom is -0.495 e. The number of rotatable bonds is 5. The standard InChI is InChI=1S/C24H22ClN3O3S/c1-31-21-7-6-16(10-20(21)25)18-11-22(29)27-24(19(18)12-26)32-14-23(30)28-9-8-15-4-2-3-5-17(15)13-28/h2-7,10,18H,8-9,11,13-14H2,1H3,(H,27,29)/t18-/m1/s1. The molecule has 0 bridgehead atoms. The van der Waals surface area contributed by atoms with E-state index in [0.717, 1.165) is 17.5 Å². The van der Waals surface area contributed by atoms with Crippen LogP contribution in [-0.2, 0) is 22.6 Å². The van der Waals surface area contributed by atoms with Crippen molar-refractivity contribution in [2.24, 2.45) is 0 Å². The van der Waals surface area contributed by atoms with Crippen LogP contribution in [0.2, 0.25) is 5.02 Å². The van der Waals surface area contributed by atoms with Crippen LogP contribution in [-0.4, -0.2) is 36.1 Å². The molecule has 0 spiro atoms. The number of hydrogen-bond acceptors (Lipinski definition) is 5. The van der Waals surface area contributed by atoms with Crippen molar-refractivity contribution in [3.63, 3.8) is 0 Å². The van der Waals surface area contributed by atoms with Crippen LogP contribution < -0.4 is 10.1 Å². The van der Waals surface area contributed by atoms with E-state index in [9.17, 15) is 14.9 Å². The van der Waals surface area contributed by atoms with E-state index in [-0.39, 0.29) is 24.0 Å². The zero-order chi connectivity index (χ0) is 22.7. The zero-order valence-corrected chi connectivity index (χ0v) is 19.1. The van der Waals surface area contributed by atoms with Crippen LogP contribution in [0.3, 0.4) is 0 Å². The molecule has 0 fully saturated rings. The van der Waals surface area contributed by atoms with Gasteiger partial charge < -0.3 is 15.0 Å². The van der Waals surface area contributed by atoms with E-state index >= 15 is 0 Å². The van der Waals surface area contributed by atoms with Gasteiger partial charge in [0.15, 0.2) is 0 Å². The van der Waals surface area contributed by atoms with Crippen LogP contribution in [0.25, 0.3) is 0 Å².